The SMILES string of the molecule is CCCOCCOC(=O)C1(N)CCCCC1. The molecule has 0 spiro atoms. The molecule has 0 radical (unpaired) electrons. The Hall–Kier alpha value is -0.610. The van der Waals surface area contributed by atoms with Gasteiger partial charge in [-0.15, -0.1) is 0 Å². The van der Waals surface area contributed by atoms with E-state index in [1.54, 1.807) is 0 Å². The lowest BCUT2D eigenvalue weighted by molar-refractivity contribution is -0.153. The van der Waals surface area contributed by atoms with E-state index in [-0.39, 0.29) is 5.97 Å². The van der Waals surface area contributed by atoms with Gasteiger partial charge in [0.1, 0.15) is 12.1 Å². The fourth-order valence-corrected chi connectivity index (χ4v) is 1.97. The minimum Gasteiger partial charge on any atom is -0.462 e. The molecule has 0 heterocycles. The lowest BCUT2D eigenvalue weighted by atomic mass is 9.83. The fraction of sp³-hybridized carbons (Fsp3) is 0.917. The standard InChI is InChI=1S/C12H23NO3/c1-2-8-15-9-10-16-11(14)12(13)6-4-3-5-7-12/h2-10,13H2,1H3. The summed E-state index contributed by atoms with van der Waals surface area (Å²) in [6.45, 7) is 3.54. The Morgan fingerprint density at radius 3 is 2.50 bits per heavy atom. The molecule has 2 N–H and O–H groups in total. The number of rotatable bonds is 6. The van der Waals surface area contributed by atoms with Crippen LogP contribution < -0.4 is 5.73 Å². The van der Waals surface area contributed by atoms with Crippen molar-refractivity contribution in [2.75, 3.05) is 19.8 Å². The highest BCUT2D eigenvalue weighted by Crippen LogP contribution is 2.26. The van der Waals surface area contributed by atoms with Gasteiger partial charge in [-0.1, -0.05) is 26.2 Å². The molecule has 16 heavy (non-hydrogen) atoms. The largest absolute Gasteiger partial charge is 0.462 e. The summed E-state index contributed by atoms with van der Waals surface area (Å²) in [7, 11) is 0. The van der Waals surface area contributed by atoms with Crippen LogP contribution >= 0.6 is 0 Å². The predicted octanol–water partition coefficient (Wildman–Crippen LogP) is 1.62. The predicted molar refractivity (Wildman–Crippen MR) is 62.1 cm³/mol. The van der Waals surface area contributed by atoms with Crippen molar-refractivity contribution < 1.29 is 14.3 Å². The number of nitrogens with two attached hydrogens (primary N) is 1. The van der Waals surface area contributed by atoms with E-state index in [4.69, 9.17) is 15.2 Å². The third kappa shape index (κ3) is 4.10. The zero-order valence-corrected chi connectivity index (χ0v) is 10.2. The van der Waals surface area contributed by atoms with Gasteiger partial charge in [0.05, 0.1) is 6.61 Å². The Kier molecular flexibility index (Phi) is 5.77. The zero-order valence-electron chi connectivity index (χ0n) is 10.2. The maximum Gasteiger partial charge on any atom is 0.326 e. The molecule has 0 unspecified atom stereocenters. The van der Waals surface area contributed by atoms with E-state index < -0.39 is 5.54 Å². The van der Waals surface area contributed by atoms with Crippen molar-refractivity contribution in [1.82, 2.24) is 0 Å². The number of ether oxygens (including phenoxy) is 2. The van der Waals surface area contributed by atoms with Crippen molar-refractivity contribution in [3.05, 3.63) is 0 Å². The van der Waals surface area contributed by atoms with Crippen LogP contribution in [-0.2, 0) is 14.3 Å². The Labute approximate surface area is 97.5 Å². The average Bonchev–Trinajstić information content (AvgIpc) is 2.29. The second kappa shape index (κ2) is 6.86. The van der Waals surface area contributed by atoms with Crippen LogP contribution in [0, 0.1) is 0 Å². The normalized spacial score (nSPS) is 19.4. The van der Waals surface area contributed by atoms with Crippen LogP contribution in [0.4, 0.5) is 0 Å². The van der Waals surface area contributed by atoms with E-state index in [0.29, 0.717) is 19.8 Å². The van der Waals surface area contributed by atoms with Crippen LogP contribution in [0.15, 0.2) is 0 Å². The average molecular weight is 229 g/mol. The van der Waals surface area contributed by atoms with Gasteiger partial charge >= 0.3 is 5.97 Å². The molecule has 94 valence electrons. The maximum atomic E-state index is 11.7. The maximum absolute atomic E-state index is 11.7. The third-order valence-electron chi connectivity index (χ3n) is 2.96. The summed E-state index contributed by atoms with van der Waals surface area (Å²) in [5, 5.41) is 0. The molecule has 1 aliphatic carbocycles. The molecule has 1 saturated carbocycles. The van der Waals surface area contributed by atoms with Crippen LogP contribution in [-0.4, -0.2) is 31.3 Å². The second-order valence-electron chi connectivity index (χ2n) is 4.47. The molecule has 0 aromatic heterocycles. The quantitative estimate of drug-likeness (QED) is 0.555. The molecule has 0 amide bonds. The second-order valence-corrected chi connectivity index (χ2v) is 4.47. The van der Waals surface area contributed by atoms with E-state index in [9.17, 15) is 4.79 Å². The summed E-state index contributed by atoms with van der Waals surface area (Å²) in [6.07, 6.45) is 5.71. The lowest BCUT2D eigenvalue weighted by Gasteiger charge is -2.30. The smallest absolute Gasteiger partial charge is 0.326 e. The van der Waals surface area contributed by atoms with Crippen LogP contribution in [0.1, 0.15) is 45.4 Å². The van der Waals surface area contributed by atoms with Gasteiger partial charge in [0, 0.05) is 6.61 Å². The Morgan fingerprint density at radius 1 is 1.19 bits per heavy atom. The highest BCUT2D eigenvalue weighted by atomic mass is 16.6. The minimum absolute atomic E-state index is 0.257. The summed E-state index contributed by atoms with van der Waals surface area (Å²) in [5.41, 5.74) is 5.30. The summed E-state index contributed by atoms with van der Waals surface area (Å²) in [5.74, 6) is -0.257. The van der Waals surface area contributed by atoms with Crippen molar-refractivity contribution >= 4 is 5.97 Å². The molecule has 1 aliphatic rings. The van der Waals surface area contributed by atoms with Gasteiger partial charge in [0.25, 0.3) is 0 Å². The summed E-state index contributed by atoms with van der Waals surface area (Å²) in [4.78, 5) is 11.7. The molecule has 0 aliphatic heterocycles. The van der Waals surface area contributed by atoms with Crippen molar-refractivity contribution in [2.45, 2.75) is 51.0 Å². The molecule has 0 saturated heterocycles. The molecule has 4 heteroatoms. The van der Waals surface area contributed by atoms with Gasteiger partial charge in [-0.3, -0.25) is 4.79 Å². The molecule has 1 rings (SSSR count). The fourth-order valence-electron chi connectivity index (χ4n) is 1.97. The highest BCUT2D eigenvalue weighted by molar-refractivity contribution is 5.80. The molecule has 0 aromatic carbocycles. The highest BCUT2D eigenvalue weighted by Gasteiger charge is 2.36. The van der Waals surface area contributed by atoms with Crippen molar-refractivity contribution in [3.8, 4) is 0 Å². The molecular weight excluding hydrogens is 206 g/mol. The number of carbonyl (C=O) groups is 1. The lowest BCUT2D eigenvalue weighted by Crippen LogP contribution is -2.50. The van der Waals surface area contributed by atoms with E-state index in [0.717, 1.165) is 32.1 Å². The van der Waals surface area contributed by atoms with Gasteiger partial charge in [-0.05, 0) is 19.3 Å². The van der Waals surface area contributed by atoms with Crippen LogP contribution in [0.25, 0.3) is 0 Å². The Balaban J connectivity index is 2.18. The topological polar surface area (TPSA) is 61.5 Å². The summed E-state index contributed by atoms with van der Waals surface area (Å²) < 4.78 is 10.4. The van der Waals surface area contributed by atoms with Crippen LogP contribution in [0.5, 0.6) is 0 Å². The minimum atomic E-state index is -0.733. The monoisotopic (exact) mass is 229 g/mol. The molecule has 0 aromatic rings. The number of hydrogen-bond donors (Lipinski definition) is 1. The summed E-state index contributed by atoms with van der Waals surface area (Å²) in [6, 6.07) is 0. The van der Waals surface area contributed by atoms with Crippen LogP contribution in [0.3, 0.4) is 0 Å². The van der Waals surface area contributed by atoms with Crippen molar-refractivity contribution in [2.24, 2.45) is 5.73 Å². The first kappa shape index (κ1) is 13.5. The van der Waals surface area contributed by atoms with Crippen molar-refractivity contribution in [3.63, 3.8) is 0 Å². The van der Waals surface area contributed by atoms with Crippen molar-refractivity contribution in [1.29, 1.82) is 0 Å². The first-order valence-electron chi connectivity index (χ1n) is 6.23. The zero-order chi connectivity index (χ0) is 11.9. The van der Waals surface area contributed by atoms with Gasteiger partial charge in [-0.25, -0.2) is 0 Å². The van der Waals surface area contributed by atoms with Gasteiger partial charge in [0.15, 0.2) is 0 Å². The first-order valence-corrected chi connectivity index (χ1v) is 6.23. The number of esters is 1. The first-order chi connectivity index (χ1) is 7.69. The molecule has 4 nitrogen and oxygen atoms in total. The van der Waals surface area contributed by atoms with E-state index >= 15 is 0 Å². The van der Waals surface area contributed by atoms with E-state index in [1.807, 2.05) is 6.92 Å². The Bertz CT molecular complexity index is 212. The van der Waals surface area contributed by atoms with Crippen LogP contribution in [0.2, 0.25) is 0 Å². The van der Waals surface area contributed by atoms with Gasteiger partial charge < -0.3 is 15.2 Å². The van der Waals surface area contributed by atoms with E-state index in [1.165, 1.54) is 6.42 Å². The summed E-state index contributed by atoms with van der Waals surface area (Å²) >= 11 is 0. The Morgan fingerprint density at radius 2 is 1.88 bits per heavy atom. The van der Waals surface area contributed by atoms with Gasteiger partial charge in [0.2, 0.25) is 0 Å². The number of hydrogen-bond acceptors (Lipinski definition) is 4. The number of carbonyl (C=O) groups excluding carboxylic acids is 1. The van der Waals surface area contributed by atoms with Gasteiger partial charge in [-0.2, -0.15) is 0 Å². The molecule has 0 atom stereocenters. The molecular formula is C12H23NO3. The molecule has 0 bridgehead atoms. The van der Waals surface area contributed by atoms with E-state index in [2.05, 4.69) is 0 Å². The molecule has 1 fully saturated rings. The third-order valence-corrected chi connectivity index (χ3v) is 2.96.